The van der Waals surface area contributed by atoms with Gasteiger partial charge < -0.3 is 9.30 Å². The van der Waals surface area contributed by atoms with Gasteiger partial charge in [-0.3, -0.25) is 0 Å². The Balaban J connectivity index is 3.21. The summed E-state index contributed by atoms with van der Waals surface area (Å²) in [6.07, 6.45) is 0. The fraction of sp³-hybridized carbons (Fsp3) is 0.500. The minimum absolute atomic E-state index is 0.263. The molecule has 0 aliphatic heterocycles. The third-order valence-corrected chi connectivity index (χ3v) is 3.48. The number of hydrogen-bond acceptors (Lipinski definition) is 2. The number of halogens is 1. The molecule has 0 unspecified atom stereocenters. The summed E-state index contributed by atoms with van der Waals surface area (Å²) in [5.41, 5.74) is 2.59. The number of esters is 1. The summed E-state index contributed by atoms with van der Waals surface area (Å²) in [5.74, 6) is -0.263. The Hall–Kier alpha value is -0.770. The summed E-state index contributed by atoms with van der Waals surface area (Å²) < 4.78 is 7.80. The Morgan fingerprint density at radius 1 is 1.50 bits per heavy atom. The van der Waals surface area contributed by atoms with E-state index in [9.17, 15) is 4.79 Å². The Bertz CT molecular complexity index is 343. The highest BCUT2D eigenvalue weighted by Gasteiger charge is 2.19. The molecular formula is C10H14BrNO2. The van der Waals surface area contributed by atoms with Gasteiger partial charge in [-0.15, -0.1) is 0 Å². The Morgan fingerprint density at radius 2 is 2.07 bits per heavy atom. The van der Waals surface area contributed by atoms with Crippen molar-refractivity contribution in [1.29, 1.82) is 0 Å². The molecule has 4 heteroatoms. The van der Waals surface area contributed by atoms with Crippen molar-refractivity contribution in [1.82, 2.24) is 4.57 Å². The molecule has 1 aromatic heterocycles. The summed E-state index contributed by atoms with van der Waals surface area (Å²) in [6, 6.07) is 0. The smallest absolute Gasteiger partial charge is 0.355 e. The van der Waals surface area contributed by atoms with Crippen LogP contribution in [0.1, 0.15) is 28.7 Å². The molecule has 14 heavy (non-hydrogen) atoms. The van der Waals surface area contributed by atoms with Gasteiger partial charge >= 0.3 is 5.97 Å². The Kier molecular flexibility index (Phi) is 3.37. The van der Waals surface area contributed by atoms with Crippen LogP contribution in [-0.2, 0) is 11.8 Å². The van der Waals surface area contributed by atoms with Gasteiger partial charge in [-0.25, -0.2) is 4.79 Å². The van der Waals surface area contributed by atoms with Crippen molar-refractivity contribution in [3.8, 4) is 0 Å². The van der Waals surface area contributed by atoms with Gasteiger partial charge in [0.25, 0.3) is 0 Å². The normalized spacial score (nSPS) is 10.4. The molecule has 0 saturated carbocycles. The summed E-state index contributed by atoms with van der Waals surface area (Å²) in [4.78, 5) is 11.6. The van der Waals surface area contributed by atoms with Crippen LogP contribution in [-0.4, -0.2) is 17.1 Å². The molecule has 0 aliphatic carbocycles. The van der Waals surface area contributed by atoms with E-state index in [2.05, 4.69) is 15.9 Å². The van der Waals surface area contributed by atoms with Crippen molar-refractivity contribution in [3.05, 3.63) is 21.4 Å². The molecule has 0 fully saturated rings. The minimum Gasteiger partial charge on any atom is -0.461 e. The summed E-state index contributed by atoms with van der Waals surface area (Å²) in [6.45, 7) is 6.07. The van der Waals surface area contributed by atoms with Gasteiger partial charge in [0.05, 0.1) is 6.61 Å². The number of aromatic nitrogens is 1. The standard InChI is InChI=1S/C10H14BrNO2/c1-5-14-10(13)9-6(2)8(11)7(3)12(9)4/h5H2,1-4H3. The van der Waals surface area contributed by atoms with E-state index in [1.165, 1.54) is 0 Å². The Morgan fingerprint density at radius 3 is 2.43 bits per heavy atom. The van der Waals surface area contributed by atoms with Crippen LogP contribution in [0.25, 0.3) is 0 Å². The number of rotatable bonds is 2. The van der Waals surface area contributed by atoms with Gasteiger partial charge in [-0.2, -0.15) is 0 Å². The van der Waals surface area contributed by atoms with Crippen LogP contribution < -0.4 is 0 Å². The summed E-state index contributed by atoms with van der Waals surface area (Å²) in [5, 5.41) is 0. The zero-order valence-corrected chi connectivity index (χ0v) is 10.4. The highest BCUT2D eigenvalue weighted by Crippen LogP contribution is 2.26. The van der Waals surface area contributed by atoms with E-state index >= 15 is 0 Å². The largest absolute Gasteiger partial charge is 0.461 e. The molecule has 0 spiro atoms. The van der Waals surface area contributed by atoms with Crippen LogP contribution in [0.15, 0.2) is 4.47 Å². The molecule has 3 nitrogen and oxygen atoms in total. The van der Waals surface area contributed by atoms with E-state index < -0.39 is 0 Å². The fourth-order valence-corrected chi connectivity index (χ4v) is 1.89. The number of carbonyl (C=O) groups is 1. The maximum absolute atomic E-state index is 11.6. The minimum atomic E-state index is -0.263. The number of nitrogens with zero attached hydrogens (tertiary/aromatic N) is 1. The molecule has 0 atom stereocenters. The number of carbonyl (C=O) groups excluding carboxylic acids is 1. The van der Waals surface area contributed by atoms with Crippen LogP contribution in [0.4, 0.5) is 0 Å². The average Bonchev–Trinajstić information content (AvgIpc) is 2.32. The zero-order chi connectivity index (χ0) is 10.9. The van der Waals surface area contributed by atoms with Crippen molar-refractivity contribution < 1.29 is 9.53 Å². The molecular weight excluding hydrogens is 246 g/mol. The highest BCUT2D eigenvalue weighted by molar-refractivity contribution is 9.10. The first-order chi connectivity index (χ1) is 6.50. The van der Waals surface area contributed by atoms with Crippen molar-refractivity contribution >= 4 is 21.9 Å². The molecule has 0 aliphatic rings. The van der Waals surface area contributed by atoms with Crippen LogP contribution in [0.3, 0.4) is 0 Å². The van der Waals surface area contributed by atoms with Gasteiger partial charge in [0.1, 0.15) is 5.69 Å². The molecule has 1 rings (SSSR count). The lowest BCUT2D eigenvalue weighted by molar-refractivity contribution is 0.0514. The predicted molar refractivity (Wildman–Crippen MR) is 58.5 cm³/mol. The molecule has 0 aromatic carbocycles. The van der Waals surface area contributed by atoms with Crippen molar-refractivity contribution in [2.75, 3.05) is 6.61 Å². The van der Waals surface area contributed by atoms with E-state index in [0.717, 1.165) is 15.7 Å². The lowest BCUT2D eigenvalue weighted by Crippen LogP contribution is -2.11. The lowest BCUT2D eigenvalue weighted by Gasteiger charge is -2.05. The molecule has 1 heterocycles. The summed E-state index contributed by atoms with van der Waals surface area (Å²) in [7, 11) is 1.86. The van der Waals surface area contributed by atoms with E-state index in [4.69, 9.17) is 4.74 Å². The molecule has 0 N–H and O–H groups in total. The SMILES string of the molecule is CCOC(=O)c1c(C)c(Br)c(C)n1C. The molecule has 78 valence electrons. The first kappa shape index (κ1) is 11.3. The van der Waals surface area contributed by atoms with Gasteiger partial charge in [0, 0.05) is 17.2 Å². The number of ether oxygens (including phenoxy) is 1. The summed E-state index contributed by atoms with van der Waals surface area (Å²) >= 11 is 3.44. The highest BCUT2D eigenvalue weighted by atomic mass is 79.9. The second-order valence-electron chi connectivity index (χ2n) is 3.15. The number of hydrogen-bond donors (Lipinski definition) is 0. The van der Waals surface area contributed by atoms with Crippen molar-refractivity contribution in [2.45, 2.75) is 20.8 Å². The van der Waals surface area contributed by atoms with Crippen LogP contribution in [0, 0.1) is 13.8 Å². The fourth-order valence-electron chi connectivity index (χ4n) is 1.43. The maximum Gasteiger partial charge on any atom is 0.355 e. The second-order valence-corrected chi connectivity index (χ2v) is 3.95. The van der Waals surface area contributed by atoms with Gasteiger partial charge in [0.2, 0.25) is 0 Å². The third-order valence-electron chi connectivity index (χ3n) is 2.31. The van der Waals surface area contributed by atoms with Crippen molar-refractivity contribution in [3.63, 3.8) is 0 Å². The second kappa shape index (κ2) is 4.17. The molecule has 0 bridgehead atoms. The quantitative estimate of drug-likeness (QED) is 0.765. The Labute approximate surface area is 92.2 Å². The van der Waals surface area contributed by atoms with E-state index in [-0.39, 0.29) is 5.97 Å². The average molecular weight is 260 g/mol. The zero-order valence-electron chi connectivity index (χ0n) is 8.85. The van der Waals surface area contributed by atoms with E-state index in [1.54, 1.807) is 6.92 Å². The molecule has 1 aromatic rings. The monoisotopic (exact) mass is 259 g/mol. The topological polar surface area (TPSA) is 31.2 Å². The van der Waals surface area contributed by atoms with Crippen LogP contribution >= 0.6 is 15.9 Å². The molecule has 0 amide bonds. The van der Waals surface area contributed by atoms with E-state index in [0.29, 0.717) is 12.3 Å². The van der Waals surface area contributed by atoms with Gasteiger partial charge in [-0.05, 0) is 42.3 Å². The third kappa shape index (κ3) is 1.71. The first-order valence-corrected chi connectivity index (χ1v) is 5.28. The predicted octanol–water partition coefficient (Wildman–Crippen LogP) is 2.58. The first-order valence-electron chi connectivity index (χ1n) is 4.49. The van der Waals surface area contributed by atoms with Crippen LogP contribution in [0.2, 0.25) is 0 Å². The maximum atomic E-state index is 11.6. The van der Waals surface area contributed by atoms with Crippen LogP contribution in [0.5, 0.6) is 0 Å². The van der Waals surface area contributed by atoms with Gasteiger partial charge in [-0.1, -0.05) is 0 Å². The lowest BCUT2D eigenvalue weighted by atomic mass is 10.2. The molecule has 0 saturated heterocycles. The van der Waals surface area contributed by atoms with Crippen molar-refractivity contribution in [2.24, 2.45) is 7.05 Å². The molecule has 0 radical (unpaired) electrons. The van der Waals surface area contributed by atoms with Gasteiger partial charge in [0.15, 0.2) is 0 Å². The van der Waals surface area contributed by atoms with E-state index in [1.807, 2.05) is 25.5 Å².